The van der Waals surface area contributed by atoms with Crippen LogP contribution in [-0.2, 0) is 19.4 Å². The molecule has 3 heterocycles. The molecule has 1 atom stereocenters. The molecule has 0 bridgehead atoms. The van der Waals surface area contributed by atoms with E-state index in [1.165, 1.54) is 39.4 Å². The molecule has 0 unspecified atom stereocenters. The van der Waals surface area contributed by atoms with Crippen molar-refractivity contribution in [1.29, 1.82) is 0 Å². The third-order valence-electron chi connectivity index (χ3n) is 6.91. The smallest absolute Gasteiger partial charge is 0.310 e. The van der Waals surface area contributed by atoms with Crippen LogP contribution in [0.1, 0.15) is 51.7 Å². The number of halogens is 1. The molecule has 0 saturated carbocycles. The number of carbonyl (C=O) groups is 1. The zero-order valence-corrected chi connectivity index (χ0v) is 20.6. The molecule has 0 saturated heterocycles. The Morgan fingerprint density at radius 1 is 1.03 bits per heavy atom. The van der Waals surface area contributed by atoms with Crippen molar-refractivity contribution in [2.24, 2.45) is 0 Å². The molecule has 172 valence electrons. The van der Waals surface area contributed by atoms with Crippen LogP contribution < -0.4 is 5.32 Å². The van der Waals surface area contributed by atoms with Gasteiger partial charge in [-0.05, 0) is 68.0 Å². The first-order valence-electron chi connectivity index (χ1n) is 11.8. The van der Waals surface area contributed by atoms with Gasteiger partial charge >= 0.3 is 6.03 Å². The number of rotatable bonds is 2. The minimum absolute atomic E-state index is 0.143. The van der Waals surface area contributed by atoms with Crippen LogP contribution in [0.3, 0.4) is 0 Å². The fourth-order valence-electron chi connectivity index (χ4n) is 5.33. The third kappa shape index (κ3) is 3.64. The fraction of sp³-hybridized carbons (Fsp3) is 0.250. The molecule has 4 nitrogen and oxygen atoms in total. The first-order chi connectivity index (χ1) is 16.6. The fourth-order valence-corrected chi connectivity index (χ4v) is 6.91. The van der Waals surface area contributed by atoms with Gasteiger partial charge in [0.2, 0.25) is 0 Å². The Morgan fingerprint density at radius 2 is 1.88 bits per heavy atom. The number of nitrogens with one attached hydrogen (secondary N) is 1. The largest absolute Gasteiger partial charge is 0.323 e. The monoisotopic (exact) mass is 487 g/mol. The predicted octanol–water partition coefficient (Wildman–Crippen LogP) is 7.52. The highest BCUT2D eigenvalue weighted by Gasteiger charge is 2.36. The highest BCUT2D eigenvalue weighted by molar-refractivity contribution is 7.15. The average Bonchev–Trinajstić information content (AvgIpc) is 3.42. The summed E-state index contributed by atoms with van der Waals surface area (Å²) in [5.74, 6) is 0. The number of benzene rings is 2. The number of thiophene rings is 1. The van der Waals surface area contributed by atoms with Crippen molar-refractivity contribution in [1.82, 2.24) is 9.47 Å². The number of anilines is 1. The third-order valence-corrected chi connectivity index (χ3v) is 8.58. The summed E-state index contributed by atoms with van der Waals surface area (Å²) in [6.07, 6.45) is 6.83. The SMILES string of the molecule is Cc1cccc([C@@H]2c3cccn3-c3sc4c(c3CN2C(=O)Nc2ccccc2Cl)CCCC4)c1. The van der Waals surface area contributed by atoms with E-state index < -0.39 is 0 Å². The summed E-state index contributed by atoms with van der Waals surface area (Å²) in [7, 11) is 0. The van der Waals surface area contributed by atoms with E-state index >= 15 is 0 Å². The topological polar surface area (TPSA) is 37.3 Å². The summed E-state index contributed by atoms with van der Waals surface area (Å²) in [4.78, 5) is 17.4. The zero-order chi connectivity index (χ0) is 23.2. The number of amides is 2. The zero-order valence-electron chi connectivity index (χ0n) is 19.1. The Kier molecular flexibility index (Phi) is 5.47. The van der Waals surface area contributed by atoms with Crippen LogP contribution >= 0.6 is 22.9 Å². The molecule has 2 aromatic carbocycles. The molecule has 2 aliphatic rings. The van der Waals surface area contributed by atoms with Gasteiger partial charge in [0.15, 0.2) is 0 Å². The van der Waals surface area contributed by atoms with Crippen molar-refractivity contribution in [2.45, 2.75) is 45.2 Å². The van der Waals surface area contributed by atoms with Crippen LogP contribution in [0.2, 0.25) is 5.02 Å². The van der Waals surface area contributed by atoms with Crippen LogP contribution in [0.4, 0.5) is 10.5 Å². The van der Waals surface area contributed by atoms with Gasteiger partial charge in [0.05, 0.1) is 29.0 Å². The number of para-hydroxylation sites is 1. The summed E-state index contributed by atoms with van der Waals surface area (Å²) < 4.78 is 2.31. The predicted molar refractivity (Wildman–Crippen MR) is 139 cm³/mol. The van der Waals surface area contributed by atoms with E-state index in [0.29, 0.717) is 17.3 Å². The lowest BCUT2D eigenvalue weighted by atomic mass is 9.95. The van der Waals surface area contributed by atoms with Crippen molar-refractivity contribution in [2.75, 3.05) is 5.32 Å². The first-order valence-corrected chi connectivity index (χ1v) is 13.0. The molecule has 6 rings (SSSR count). The Hall–Kier alpha value is -3.02. The van der Waals surface area contributed by atoms with Gasteiger partial charge in [0.25, 0.3) is 0 Å². The van der Waals surface area contributed by atoms with Gasteiger partial charge < -0.3 is 14.8 Å². The lowest BCUT2D eigenvalue weighted by molar-refractivity contribution is 0.194. The van der Waals surface area contributed by atoms with Crippen LogP contribution in [0.25, 0.3) is 5.00 Å². The van der Waals surface area contributed by atoms with E-state index in [1.807, 2.05) is 34.4 Å². The summed E-state index contributed by atoms with van der Waals surface area (Å²) in [5.41, 5.74) is 6.77. The second-order valence-electron chi connectivity index (χ2n) is 9.15. The number of hydrogen-bond acceptors (Lipinski definition) is 2. The molecular weight excluding hydrogens is 462 g/mol. The van der Waals surface area contributed by atoms with Gasteiger partial charge in [-0.25, -0.2) is 4.79 Å². The van der Waals surface area contributed by atoms with Gasteiger partial charge in [-0.15, -0.1) is 11.3 Å². The molecule has 1 N–H and O–H groups in total. The number of fused-ring (bicyclic) bond motifs is 5. The van der Waals surface area contributed by atoms with Crippen LogP contribution in [0, 0.1) is 6.92 Å². The molecule has 2 aromatic heterocycles. The Balaban J connectivity index is 1.51. The minimum Gasteiger partial charge on any atom is -0.310 e. The second kappa shape index (κ2) is 8.64. The molecule has 4 aromatic rings. The summed E-state index contributed by atoms with van der Waals surface area (Å²) >= 11 is 8.30. The highest BCUT2D eigenvalue weighted by Crippen LogP contribution is 2.44. The summed E-state index contributed by atoms with van der Waals surface area (Å²) in [6, 6.07) is 19.8. The molecule has 0 spiro atoms. The van der Waals surface area contributed by atoms with Crippen molar-refractivity contribution < 1.29 is 4.79 Å². The molecule has 34 heavy (non-hydrogen) atoms. The molecule has 6 heteroatoms. The van der Waals surface area contributed by atoms with Crippen LogP contribution in [0.15, 0.2) is 66.9 Å². The van der Waals surface area contributed by atoms with E-state index in [0.717, 1.165) is 24.1 Å². The first kappa shape index (κ1) is 21.5. The van der Waals surface area contributed by atoms with Crippen molar-refractivity contribution in [3.63, 3.8) is 0 Å². The molecular formula is C28H26ClN3OS. The number of urea groups is 1. The van der Waals surface area contributed by atoms with Gasteiger partial charge in [-0.1, -0.05) is 53.6 Å². The van der Waals surface area contributed by atoms with Crippen molar-refractivity contribution in [3.8, 4) is 5.00 Å². The van der Waals surface area contributed by atoms with Crippen molar-refractivity contribution in [3.05, 3.63) is 105 Å². The Labute approximate surface area is 208 Å². The molecule has 2 amide bonds. The lowest BCUT2D eigenvalue weighted by Gasteiger charge is -2.31. The average molecular weight is 488 g/mol. The summed E-state index contributed by atoms with van der Waals surface area (Å²) in [5, 5.41) is 4.90. The maximum Gasteiger partial charge on any atom is 0.323 e. The normalized spacial score (nSPS) is 16.9. The second-order valence-corrected chi connectivity index (χ2v) is 10.6. The number of carbonyl (C=O) groups excluding carboxylic acids is 1. The van der Waals surface area contributed by atoms with Crippen LogP contribution in [-0.4, -0.2) is 15.5 Å². The van der Waals surface area contributed by atoms with Gasteiger partial charge in [0.1, 0.15) is 5.00 Å². The van der Waals surface area contributed by atoms with E-state index in [9.17, 15) is 4.79 Å². The standard InChI is InChI=1S/C28H26ClN3OS/c1-18-8-6-9-19(16-18)26-24-13-7-15-31(24)27-21(20-10-2-5-14-25(20)34-27)17-32(26)28(33)30-23-12-4-3-11-22(23)29/h3-4,6-9,11-13,15-16,26H,2,5,10,14,17H2,1H3,(H,30,33)/t26-/m1/s1. The molecule has 1 aliphatic heterocycles. The minimum atomic E-state index is -0.212. The van der Waals surface area contributed by atoms with E-state index in [-0.39, 0.29) is 12.1 Å². The van der Waals surface area contributed by atoms with Gasteiger partial charge in [-0.2, -0.15) is 0 Å². The van der Waals surface area contributed by atoms with Gasteiger partial charge in [-0.3, -0.25) is 0 Å². The maximum absolute atomic E-state index is 13.9. The Morgan fingerprint density at radius 3 is 2.74 bits per heavy atom. The number of nitrogens with zero attached hydrogens (tertiary/aromatic N) is 2. The van der Waals surface area contributed by atoms with Crippen molar-refractivity contribution >= 4 is 34.7 Å². The van der Waals surface area contributed by atoms with Gasteiger partial charge in [0, 0.05) is 16.6 Å². The number of aromatic nitrogens is 1. The molecule has 0 radical (unpaired) electrons. The summed E-state index contributed by atoms with van der Waals surface area (Å²) in [6.45, 7) is 2.67. The number of hydrogen-bond donors (Lipinski definition) is 1. The maximum atomic E-state index is 13.9. The quantitative estimate of drug-likeness (QED) is 0.312. The number of aryl methyl sites for hydroxylation is 2. The van der Waals surface area contributed by atoms with E-state index in [2.05, 4.69) is 59.4 Å². The highest BCUT2D eigenvalue weighted by atomic mass is 35.5. The van der Waals surface area contributed by atoms with E-state index in [4.69, 9.17) is 11.6 Å². The molecule has 1 aliphatic carbocycles. The van der Waals surface area contributed by atoms with E-state index in [1.54, 1.807) is 6.07 Å². The lowest BCUT2D eigenvalue weighted by Crippen LogP contribution is -2.38. The van der Waals surface area contributed by atoms with Crippen LogP contribution in [0.5, 0.6) is 0 Å². The molecule has 0 fully saturated rings. The Bertz CT molecular complexity index is 1390.